The maximum Gasteiger partial charge on any atom is 0.340 e. The van der Waals surface area contributed by atoms with Crippen LogP contribution < -0.4 is 0 Å². The van der Waals surface area contributed by atoms with Gasteiger partial charge in [0.05, 0.1) is 23.1 Å². The Morgan fingerprint density at radius 1 is 1.06 bits per heavy atom. The minimum atomic E-state index is -0.535. The fourth-order valence-corrected chi connectivity index (χ4v) is 3.69. The first-order chi connectivity index (χ1) is 14.8. The largest absolute Gasteiger partial charge is 0.465 e. The molecule has 0 saturated heterocycles. The summed E-state index contributed by atoms with van der Waals surface area (Å²) in [7, 11) is 1.29. The summed E-state index contributed by atoms with van der Waals surface area (Å²) in [6.07, 6.45) is 0. The van der Waals surface area contributed by atoms with Crippen LogP contribution in [-0.4, -0.2) is 28.5 Å². The average molecular weight is 418 g/mol. The molecule has 2 heterocycles. The molecule has 0 aliphatic carbocycles. The zero-order valence-electron chi connectivity index (χ0n) is 17.0. The minimum absolute atomic E-state index is 0.0428. The van der Waals surface area contributed by atoms with Crippen molar-refractivity contribution in [1.29, 1.82) is 0 Å². The normalized spacial score (nSPS) is 10.9. The van der Waals surface area contributed by atoms with Crippen LogP contribution >= 0.6 is 0 Å². The summed E-state index contributed by atoms with van der Waals surface area (Å²) in [5, 5.41) is 11.7. The van der Waals surface area contributed by atoms with Gasteiger partial charge in [-0.25, -0.2) is 4.79 Å². The second-order valence-corrected chi connectivity index (χ2v) is 7.03. The van der Waals surface area contributed by atoms with Crippen molar-refractivity contribution < 1.29 is 23.7 Å². The molecule has 0 aliphatic rings. The number of methoxy groups -OCH3 is 1. The second-order valence-electron chi connectivity index (χ2n) is 7.03. The number of ether oxygens (including phenoxy) is 1. The lowest BCUT2D eigenvalue weighted by Gasteiger charge is -2.06. The number of esters is 1. The molecule has 0 N–H and O–H groups in total. The summed E-state index contributed by atoms with van der Waals surface area (Å²) in [5.41, 5.74) is 2.53. The maximum absolute atomic E-state index is 13.3. The fourth-order valence-electron chi connectivity index (χ4n) is 3.69. The van der Waals surface area contributed by atoms with Gasteiger partial charge in [0.25, 0.3) is 11.6 Å². The first-order valence-corrected chi connectivity index (χ1v) is 9.41. The number of fused-ring (bicyclic) bond motifs is 1. The van der Waals surface area contributed by atoms with Gasteiger partial charge in [-0.05, 0) is 37.6 Å². The molecule has 2 aromatic heterocycles. The van der Waals surface area contributed by atoms with Gasteiger partial charge in [0.1, 0.15) is 5.76 Å². The van der Waals surface area contributed by atoms with Gasteiger partial charge in [-0.15, -0.1) is 0 Å². The summed E-state index contributed by atoms with van der Waals surface area (Å²) in [5.74, 6) is -0.612. The average Bonchev–Trinajstić information content (AvgIpc) is 3.35. The fraction of sp³-hybridized carbons (Fsp3) is 0.130. The van der Waals surface area contributed by atoms with E-state index in [1.54, 1.807) is 50.2 Å². The molecule has 0 fully saturated rings. The number of aryl methyl sites for hydroxylation is 1. The summed E-state index contributed by atoms with van der Waals surface area (Å²) < 4.78 is 12.1. The van der Waals surface area contributed by atoms with Crippen LogP contribution in [0, 0.1) is 24.0 Å². The van der Waals surface area contributed by atoms with Crippen LogP contribution in [-0.2, 0) is 4.74 Å². The van der Waals surface area contributed by atoms with E-state index in [1.165, 1.54) is 29.9 Å². The highest BCUT2D eigenvalue weighted by Gasteiger charge is 2.26. The van der Waals surface area contributed by atoms with E-state index < -0.39 is 16.8 Å². The van der Waals surface area contributed by atoms with Gasteiger partial charge in [-0.3, -0.25) is 19.5 Å². The molecule has 0 aliphatic heterocycles. The number of aromatic nitrogens is 1. The summed E-state index contributed by atoms with van der Waals surface area (Å²) in [6, 6.07) is 14.6. The van der Waals surface area contributed by atoms with Crippen LogP contribution in [0.3, 0.4) is 0 Å². The second kappa shape index (κ2) is 7.56. The van der Waals surface area contributed by atoms with E-state index in [2.05, 4.69) is 0 Å². The number of furan rings is 1. The van der Waals surface area contributed by atoms with Crippen molar-refractivity contribution >= 4 is 28.5 Å². The Bertz CT molecular complexity index is 1360. The minimum Gasteiger partial charge on any atom is -0.465 e. The molecule has 0 unspecified atom stereocenters. The quantitative estimate of drug-likeness (QED) is 0.265. The molecule has 8 nitrogen and oxygen atoms in total. The van der Waals surface area contributed by atoms with Crippen molar-refractivity contribution in [3.8, 4) is 11.3 Å². The molecule has 156 valence electrons. The number of hydrogen-bond donors (Lipinski definition) is 0. The van der Waals surface area contributed by atoms with Gasteiger partial charge in [0.15, 0.2) is 5.76 Å². The third-order valence-corrected chi connectivity index (χ3v) is 5.22. The standard InChI is InChI=1S/C23H18N2O6/c1-13-8-9-15(25(28)29)12-17(13)19-10-11-20(31-19)22(26)24-14(2)21(23(27)30-3)16-6-4-5-7-18(16)24/h4-12H,1-3H3. The number of carbonyl (C=O) groups excluding carboxylic acids is 2. The smallest absolute Gasteiger partial charge is 0.340 e. The van der Waals surface area contributed by atoms with Gasteiger partial charge in [0, 0.05) is 28.8 Å². The van der Waals surface area contributed by atoms with Crippen LogP contribution in [0.4, 0.5) is 5.69 Å². The first kappa shape index (κ1) is 20.1. The Morgan fingerprint density at radius 3 is 2.52 bits per heavy atom. The van der Waals surface area contributed by atoms with Crippen molar-refractivity contribution in [2.75, 3.05) is 7.11 Å². The number of nitro benzene ring substituents is 1. The van der Waals surface area contributed by atoms with Gasteiger partial charge < -0.3 is 9.15 Å². The Balaban J connectivity index is 1.82. The molecule has 31 heavy (non-hydrogen) atoms. The van der Waals surface area contributed by atoms with E-state index in [0.29, 0.717) is 33.5 Å². The van der Waals surface area contributed by atoms with E-state index in [9.17, 15) is 19.7 Å². The maximum atomic E-state index is 13.3. The molecule has 4 aromatic rings. The predicted molar refractivity (Wildman–Crippen MR) is 113 cm³/mol. The summed E-state index contributed by atoms with van der Waals surface area (Å²) in [6.45, 7) is 3.47. The monoisotopic (exact) mass is 418 g/mol. The summed E-state index contributed by atoms with van der Waals surface area (Å²) in [4.78, 5) is 36.3. The van der Waals surface area contributed by atoms with Crippen molar-refractivity contribution in [3.63, 3.8) is 0 Å². The molecular formula is C23H18N2O6. The number of rotatable bonds is 4. The molecule has 0 spiro atoms. The third kappa shape index (κ3) is 3.28. The molecule has 0 amide bonds. The van der Waals surface area contributed by atoms with E-state index in [0.717, 1.165) is 5.56 Å². The van der Waals surface area contributed by atoms with Crippen LogP contribution in [0.5, 0.6) is 0 Å². The van der Waals surface area contributed by atoms with Gasteiger partial charge >= 0.3 is 5.97 Å². The highest BCUT2D eigenvalue weighted by atomic mass is 16.6. The van der Waals surface area contributed by atoms with Gasteiger partial charge in [0.2, 0.25) is 0 Å². The van der Waals surface area contributed by atoms with Gasteiger partial charge in [-0.2, -0.15) is 0 Å². The predicted octanol–water partition coefficient (Wildman–Crippen LogP) is 4.90. The number of nitro groups is 1. The Kier molecular flexibility index (Phi) is 4.90. The SMILES string of the molecule is COC(=O)c1c(C)n(C(=O)c2ccc(-c3cc([N+](=O)[O-])ccc3C)o2)c2ccccc12. The zero-order valence-corrected chi connectivity index (χ0v) is 17.0. The number of para-hydroxylation sites is 1. The lowest BCUT2D eigenvalue weighted by Crippen LogP contribution is -2.14. The molecule has 8 heteroatoms. The van der Waals surface area contributed by atoms with Crippen LogP contribution in [0.1, 0.15) is 32.2 Å². The van der Waals surface area contributed by atoms with Crippen LogP contribution in [0.2, 0.25) is 0 Å². The van der Waals surface area contributed by atoms with Crippen molar-refractivity contribution in [2.45, 2.75) is 13.8 Å². The highest BCUT2D eigenvalue weighted by molar-refractivity contribution is 6.11. The molecule has 0 saturated carbocycles. The lowest BCUT2D eigenvalue weighted by atomic mass is 10.1. The Morgan fingerprint density at radius 2 is 1.81 bits per heavy atom. The lowest BCUT2D eigenvalue weighted by molar-refractivity contribution is -0.384. The number of hydrogen-bond acceptors (Lipinski definition) is 6. The van der Waals surface area contributed by atoms with E-state index in [1.807, 2.05) is 0 Å². The topological polar surface area (TPSA) is 105 Å². The molecule has 0 bridgehead atoms. The first-order valence-electron chi connectivity index (χ1n) is 9.41. The van der Waals surface area contributed by atoms with Crippen molar-refractivity contribution in [1.82, 2.24) is 4.57 Å². The summed E-state index contributed by atoms with van der Waals surface area (Å²) >= 11 is 0. The molecule has 0 radical (unpaired) electrons. The highest BCUT2D eigenvalue weighted by Crippen LogP contribution is 2.31. The van der Waals surface area contributed by atoms with E-state index in [4.69, 9.17) is 9.15 Å². The Labute approximate surface area is 176 Å². The molecule has 4 rings (SSSR count). The number of benzene rings is 2. The van der Waals surface area contributed by atoms with E-state index in [-0.39, 0.29) is 11.4 Å². The van der Waals surface area contributed by atoms with Gasteiger partial charge in [-0.1, -0.05) is 24.3 Å². The third-order valence-electron chi connectivity index (χ3n) is 5.22. The molecule has 2 aromatic carbocycles. The van der Waals surface area contributed by atoms with Crippen LogP contribution in [0.25, 0.3) is 22.2 Å². The number of non-ortho nitro benzene ring substituents is 1. The van der Waals surface area contributed by atoms with Crippen molar-refractivity contribution in [2.24, 2.45) is 0 Å². The van der Waals surface area contributed by atoms with Crippen LogP contribution in [0.15, 0.2) is 59.0 Å². The molecule has 0 atom stereocenters. The zero-order chi connectivity index (χ0) is 22.3. The number of carbonyl (C=O) groups is 2. The van der Waals surface area contributed by atoms with Crippen molar-refractivity contribution in [3.05, 3.63) is 87.3 Å². The Hall–Kier alpha value is -4.20. The number of nitrogens with zero attached hydrogens (tertiary/aromatic N) is 2. The molecular weight excluding hydrogens is 400 g/mol. The van der Waals surface area contributed by atoms with E-state index >= 15 is 0 Å².